The van der Waals surface area contributed by atoms with Crippen LogP contribution in [0.4, 0.5) is 5.95 Å². The van der Waals surface area contributed by atoms with E-state index in [1.807, 2.05) is 19.3 Å². The number of nitrogens with zero attached hydrogens (tertiary/aromatic N) is 3. The summed E-state index contributed by atoms with van der Waals surface area (Å²) in [7, 11) is 0. The van der Waals surface area contributed by atoms with Gasteiger partial charge in [-0.2, -0.15) is 0 Å². The van der Waals surface area contributed by atoms with Crippen LogP contribution in [0.3, 0.4) is 0 Å². The van der Waals surface area contributed by atoms with Crippen LogP contribution >= 0.6 is 15.9 Å². The van der Waals surface area contributed by atoms with Crippen molar-refractivity contribution in [2.24, 2.45) is 0 Å². The van der Waals surface area contributed by atoms with Crippen LogP contribution in [0.25, 0.3) is 0 Å². The average molecular weight is 270 g/mol. The van der Waals surface area contributed by atoms with Gasteiger partial charge in [-0.3, -0.25) is 0 Å². The largest absolute Gasteiger partial charge is 0.341 e. The van der Waals surface area contributed by atoms with Crippen LogP contribution in [0.15, 0.2) is 12.4 Å². The lowest BCUT2D eigenvalue weighted by atomic mass is 10.2. The standard InChI is InChI=1S/C11H16BrN3/c1-9-7-13-11(14-8-9)15-5-2-3-10(12)4-6-15/h7-8,10H,2-6H2,1H3. The van der Waals surface area contributed by atoms with Gasteiger partial charge in [0.2, 0.25) is 5.95 Å². The summed E-state index contributed by atoms with van der Waals surface area (Å²) in [5.74, 6) is 0.877. The van der Waals surface area contributed by atoms with Crippen molar-refractivity contribution in [2.45, 2.75) is 31.0 Å². The van der Waals surface area contributed by atoms with Gasteiger partial charge in [0.05, 0.1) is 0 Å². The van der Waals surface area contributed by atoms with Gasteiger partial charge in [-0.25, -0.2) is 9.97 Å². The number of rotatable bonds is 1. The Balaban J connectivity index is 2.06. The van der Waals surface area contributed by atoms with Crippen molar-refractivity contribution in [3.8, 4) is 0 Å². The first-order valence-corrected chi connectivity index (χ1v) is 6.35. The Bertz CT molecular complexity index is 312. The Morgan fingerprint density at radius 3 is 2.73 bits per heavy atom. The fourth-order valence-corrected chi connectivity index (χ4v) is 2.33. The van der Waals surface area contributed by atoms with Gasteiger partial charge < -0.3 is 4.90 Å². The minimum absolute atomic E-state index is 0.660. The zero-order valence-electron chi connectivity index (χ0n) is 8.99. The molecule has 1 atom stereocenters. The van der Waals surface area contributed by atoms with Crippen molar-refractivity contribution < 1.29 is 0 Å². The number of halogens is 1. The lowest BCUT2D eigenvalue weighted by Crippen LogP contribution is -2.26. The summed E-state index contributed by atoms with van der Waals surface area (Å²) in [4.78, 5) is 11.7. The van der Waals surface area contributed by atoms with E-state index < -0.39 is 0 Å². The number of hydrogen-bond donors (Lipinski definition) is 0. The molecule has 1 aromatic rings. The molecule has 3 nitrogen and oxygen atoms in total. The predicted octanol–water partition coefficient (Wildman–Crippen LogP) is 2.54. The van der Waals surface area contributed by atoms with E-state index in [0.717, 1.165) is 24.6 Å². The maximum atomic E-state index is 4.37. The quantitative estimate of drug-likeness (QED) is 0.734. The second-order valence-electron chi connectivity index (χ2n) is 4.08. The van der Waals surface area contributed by atoms with Crippen LogP contribution < -0.4 is 4.90 Å². The first-order chi connectivity index (χ1) is 7.25. The van der Waals surface area contributed by atoms with Gasteiger partial charge in [0.15, 0.2) is 0 Å². The van der Waals surface area contributed by atoms with Gasteiger partial charge in [-0.1, -0.05) is 15.9 Å². The van der Waals surface area contributed by atoms with Crippen molar-refractivity contribution in [1.82, 2.24) is 9.97 Å². The molecule has 0 aromatic carbocycles. The number of hydrogen-bond acceptors (Lipinski definition) is 3. The molecule has 0 aliphatic carbocycles. The molecule has 1 fully saturated rings. The van der Waals surface area contributed by atoms with E-state index in [9.17, 15) is 0 Å². The van der Waals surface area contributed by atoms with Gasteiger partial charge in [0, 0.05) is 30.3 Å². The molecule has 1 aliphatic rings. The van der Waals surface area contributed by atoms with Crippen LogP contribution in [0.5, 0.6) is 0 Å². The first kappa shape index (κ1) is 10.9. The zero-order chi connectivity index (χ0) is 10.7. The van der Waals surface area contributed by atoms with E-state index in [1.54, 1.807) is 0 Å². The highest BCUT2D eigenvalue weighted by molar-refractivity contribution is 9.09. The van der Waals surface area contributed by atoms with E-state index >= 15 is 0 Å². The number of anilines is 1. The molecule has 1 aliphatic heterocycles. The third-order valence-electron chi connectivity index (χ3n) is 2.71. The van der Waals surface area contributed by atoms with Crippen LogP contribution in [-0.2, 0) is 0 Å². The van der Waals surface area contributed by atoms with E-state index in [-0.39, 0.29) is 0 Å². The molecule has 4 heteroatoms. The van der Waals surface area contributed by atoms with Crippen molar-refractivity contribution in [2.75, 3.05) is 18.0 Å². The Kier molecular flexibility index (Phi) is 3.57. The Morgan fingerprint density at radius 1 is 1.27 bits per heavy atom. The van der Waals surface area contributed by atoms with E-state index in [4.69, 9.17) is 0 Å². The average Bonchev–Trinajstić information content (AvgIpc) is 2.44. The maximum absolute atomic E-state index is 4.37. The first-order valence-electron chi connectivity index (χ1n) is 5.43. The molecular weight excluding hydrogens is 254 g/mol. The lowest BCUT2D eigenvalue weighted by Gasteiger charge is -2.19. The number of alkyl halides is 1. The van der Waals surface area contributed by atoms with Crippen molar-refractivity contribution in [1.29, 1.82) is 0 Å². The molecule has 1 saturated heterocycles. The summed E-state index contributed by atoms with van der Waals surface area (Å²) < 4.78 is 0. The molecule has 0 amide bonds. The van der Waals surface area contributed by atoms with Crippen molar-refractivity contribution in [3.05, 3.63) is 18.0 Å². The third kappa shape index (κ3) is 2.91. The second-order valence-corrected chi connectivity index (χ2v) is 5.37. The van der Waals surface area contributed by atoms with Gasteiger partial charge in [-0.15, -0.1) is 0 Å². The highest BCUT2D eigenvalue weighted by atomic mass is 79.9. The zero-order valence-corrected chi connectivity index (χ0v) is 10.6. The summed E-state index contributed by atoms with van der Waals surface area (Å²) in [6.45, 7) is 4.14. The van der Waals surface area contributed by atoms with Gasteiger partial charge in [-0.05, 0) is 31.7 Å². The van der Waals surface area contributed by atoms with Gasteiger partial charge >= 0.3 is 0 Å². The fraction of sp³-hybridized carbons (Fsp3) is 0.636. The molecule has 0 N–H and O–H groups in total. The van der Waals surface area contributed by atoms with E-state index in [0.29, 0.717) is 4.83 Å². The minimum atomic E-state index is 0.660. The number of aromatic nitrogens is 2. The molecule has 2 rings (SSSR count). The molecule has 0 bridgehead atoms. The van der Waals surface area contributed by atoms with E-state index in [1.165, 1.54) is 19.3 Å². The van der Waals surface area contributed by atoms with Gasteiger partial charge in [0.25, 0.3) is 0 Å². The molecule has 2 heterocycles. The topological polar surface area (TPSA) is 29.0 Å². The highest BCUT2D eigenvalue weighted by Crippen LogP contribution is 2.20. The minimum Gasteiger partial charge on any atom is -0.341 e. The van der Waals surface area contributed by atoms with Crippen LogP contribution in [0.1, 0.15) is 24.8 Å². The molecular formula is C11H16BrN3. The summed E-state index contributed by atoms with van der Waals surface area (Å²) >= 11 is 3.68. The monoisotopic (exact) mass is 269 g/mol. The summed E-state index contributed by atoms with van der Waals surface area (Å²) in [5, 5.41) is 0. The maximum Gasteiger partial charge on any atom is 0.225 e. The fourth-order valence-electron chi connectivity index (χ4n) is 1.80. The van der Waals surface area contributed by atoms with Crippen molar-refractivity contribution >= 4 is 21.9 Å². The van der Waals surface area contributed by atoms with Crippen molar-refractivity contribution in [3.63, 3.8) is 0 Å². The predicted molar refractivity (Wildman–Crippen MR) is 65.5 cm³/mol. The Morgan fingerprint density at radius 2 is 2.00 bits per heavy atom. The molecule has 0 radical (unpaired) electrons. The SMILES string of the molecule is Cc1cnc(N2CCCC(Br)CC2)nc1. The van der Waals surface area contributed by atoms with Crippen LogP contribution in [0.2, 0.25) is 0 Å². The van der Waals surface area contributed by atoms with Gasteiger partial charge in [0.1, 0.15) is 0 Å². The normalized spacial score (nSPS) is 22.5. The molecule has 0 spiro atoms. The molecule has 1 aromatic heterocycles. The summed E-state index contributed by atoms with van der Waals surface area (Å²) in [6.07, 6.45) is 7.42. The third-order valence-corrected chi connectivity index (χ3v) is 3.62. The van der Waals surface area contributed by atoms with E-state index in [2.05, 4.69) is 30.8 Å². The highest BCUT2D eigenvalue weighted by Gasteiger charge is 2.16. The lowest BCUT2D eigenvalue weighted by molar-refractivity contribution is 0.752. The Hall–Kier alpha value is -0.640. The van der Waals surface area contributed by atoms with Crippen LogP contribution in [-0.4, -0.2) is 27.9 Å². The van der Waals surface area contributed by atoms with Crippen LogP contribution in [0, 0.1) is 6.92 Å². The summed E-state index contributed by atoms with van der Waals surface area (Å²) in [6, 6.07) is 0. The number of aryl methyl sites for hydroxylation is 1. The molecule has 1 unspecified atom stereocenters. The molecule has 0 saturated carbocycles. The smallest absolute Gasteiger partial charge is 0.225 e. The molecule has 82 valence electrons. The summed E-state index contributed by atoms with van der Waals surface area (Å²) in [5.41, 5.74) is 1.12. The Labute approximate surface area is 99.0 Å². The molecule has 15 heavy (non-hydrogen) atoms. The second kappa shape index (κ2) is 4.92.